The van der Waals surface area contributed by atoms with Gasteiger partial charge in [0.05, 0.1) is 10.6 Å². The van der Waals surface area contributed by atoms with E-state index in [9.17, 15) is 13.2 Å². The van der Waals surface area contributed by atoms with Gasteiger partial charge in [0.1, 0.15) is 0 Å². The van der Waals surface area contributed by atoms with Gasteiger partial charge in [0.25, 0.3) is 15.9 Å². The van der Waals surface area contributed by atoms with Gasteiger partial charge in [-0.05, 0) is 54.8 Å². The van der Waals surface area contributed by atoms with Gasteiger partial charge in [0.2, 0.25) is 0 Å². The topological polar surface area (TPSA) is 79.4 Å². The van der Waals surface area contributed by atoms with Crippen LogP contribution in [0.15, 0.2) is 77.8 Å². The molecule has 154 valence electrons. The molecule has 0 aliphatic carbocycles. The van der Waals surface area contributed by atoms with Crippen LogP contribution < -0.4 is 9.62 Å². The lowest BCUT2D eigenvalue weighted by Crippen LogP contribution is -2.35. The third-order valence-electron chi connectivity index (χ3n) is 5.14. The van der Waals surface area contributed by atoms with Crippen LogP contribution >= 0.6 is 0 Å². The molecular weight excluding hydrogens is 398 g/mol. The number of hydrogen-bond acceptors (Lipinski definition) is 4. The highest BCUT2D eigenvalue weighted by atomic mass is 32.2. The number of fused-ring (bicyclic) bond motifs is 1. The Hall–Kier alpha value is -3.19. The molecule has 0 unspecified atom stereocenters. The predicted octanol–water partition coefficient (Wildman–Crippen LogP) is 3.20. The summed E-state index contributed by atoms with van der Waals surface area (Å²) in [6.07, 6.45) is 3.95. The largest absolute Gasteiger partial charge is 0.352 e. The molecule has 2 aromatic carbocycles. The molecule has 0 radical (unpaired) electrons. The first-order chi connectivity index (χ1) is 14.6. The number of amides is 1. The molecule has 1 N–H and O–H groups in total. The van der Waals surface area contributed by atoms with E-state index >= 15 is 0 Å². The Morgan fingerprint density at radius 1 is 1.03 bits per heavy atom. The number of aryl methyl sites for hydroxylation is 1. The highest BCUT2D eigenvalue weighted by Crippen LogP contribution is 2.31. The molecule has 7 heteroatoms. The van der Waals surface area contributed by atoms with Crippen LogP contribution in [0.5, 0.6) is 0 Å². The Balaban J connectivity index is 1.51. The molecule has 0 spiro atoms. The second-order valence-electron chi connectivity index (χ2n) is 7.16. The van der Waals surface area contributed by atoms with Crippen LogP contribution in [0.2, 0.25) is 0 Å². The van der Waals surface area contributed by atoms with Gasteiger partial charge in [0, 0.05) is 37.0 Å². The van der Waals surface area contributed by atoms with Gasteiger partial charge in [-0.3, -0.25) is 14.1 Å². The van der Waals surface area contributed by atoms with E-state index in [1.165, 1.54) is 16.4 Å². The SMILES string of the molecule is O=C(NCCc1ccccn1)c1cccc(S(=O)(=O)N2CCCc3ccccc32)c1. The van der Waals surface area contributed by atoms with Crippen LogP contribution in [0.25, 0.3) is 0 Å². The van der Waals surface area contributed by atoms with E-state index in [4.69, 9.17) is 0 Å². The summed E-state index contributed by atoms with van der Waals surface area (Å²) in [4.78, 5) is 16.9. The first-order valence-electron chi connectivity index (χ1n) is 9.94. The lowest BCUT2D eigenvalue weighted by Gasteiger charge is -2.30. The van der Waals surface area contributed by atoms with Crippen molar-refractivity contribution in [3.05, 3.63) is 89.7 Å². The lowest BCUT2D eigenvalue weighted by molar-refractivity contribution is 0.0954. The number of benzene rings is 2. The molecule has 3 aromatic rings. The van der Waals surface area contributed by atoms with Crippen LogP contribution in [0.1, 0.15) is 28.0 Å². The normalized spacial score (nSPS) is 13.5. The Morgan fingerprint density at radius 3 is 2.70 bits per heavy atom. The molecule has 1 amide bonds. The number of carbonyl (C=O) groups excluding carboxylic acids is 1. The molecule has 30 heavy (non-hydrogen) atoms. The number of pyridine rings is 1. The minimum atomic E-state index is -3.75. The third kappa shape index (κ3) is 4.21. The van der Waals surface area contributed by atoms with Crippen molar-refractivity contribution in [2.75, 3.05) is 17.4 Å². The molecule has 0 fully saturated rings. The molecule has 6 nitrogen and oxygen atoms in total. The average molecular weight is 422 g/mol. The maximum absolute atomic E-state index is 13.3. The van der Waals surface area contributed by atoms with Crippen LogP contribution in [0, 0.1) is 0 Å². The molecule has 1 aliphatic rings. The number of para-hydroxylation sites is 1. The quantitative estimate of drug-likeness (QED) is 0.663. The lowest BCUT2D eigenvalue weighted by atomic mass is 10.0. The molecule has 0 atom stereocenters. The Labute approximate surface area is 176 Å². The summed E-state index contributed by atoms with van der Waals surface area (Å²) in [5.74, 6) is -0.304. The van der Waals surface area contributed by atoms with Gasteiger partial charge in [-0.15, -0.1) is 0 Å². The second kappa shape index (κ2) is 8.67. The summed E-state index contributed by atoms with van der Waals surface area (Å²) in [5.41, 5.74) is 2.95. The minimum Gasteiger partial charge on any atom is -0.352 e. The zero-order valence-corrected chi connectivity index (χ0v) is 17.3. The van der Waals surface area contributed by atoms with Crippen molar-refractivity contribution < 1.29 is 13.2 Å². The number of aromatic nitrogens is 1. The second-order valence-corrected chi connectivity index (χ2v) is 9.03. The minimum absolute atomic E-state index is 0.122. The van der Waals surface area contributed by atoms with Crippen molar-refractivity contribution in [2.24, 2.45) is 0 Å². The van der Waals surface area contributed by atoms with Gasteiger partial charge in [-0.2, -0.15) is 0 Å². The van der Waals surface area contributed by atoms with Crippen LogP contribution in [-0.4, -0.2) is 32.4 Å². The third-order valence-corrected chi connectivity index (χ3v) is 6.95. The number of anilines is 1. The Kier molecular flexibility index (Phi) is 5.81. The molecular formula is C23H23N3O3S. The number of rotatable bonds is 6. The van der Waals surface area contributed by atoms with Crippen LogP contribution in [0.3, 0.4) is 0 Å². The molecule has 2 heterocycles. The smallest absolute Gasteiger partial charge is 0.264 e. The summed E-state index contributed by atoms with van der Waals surface area (Å²) in [6, 6.07) is 19.4. The van der Waals surface area contributed by atoms with Gasteiger partial charge in [-0.25, -0.2) is 8.42 Å². The Bertz CT molecular complexity index is 1150. The standard InChI is InChI=1S/C23H23N3O3S/c27-23(25-15-13-20-10-3-4-14-24-20)19-8-5-11-21(17-19)30(28,29)26-16-6-9-18-7-1-2-12-22(18)26/h1-5,7-8,10-12,14,17H,6,9,13,15-16H2,(H,25,27). The summed E-state index contributed by atoms with van der Waals surface area (Å²) in [7, 11) is -3.75. The zero-order chi connectivity index (χ0) is 21.0. The van der Waals surface area contributed by atoms with Gasteiger partial charge in [0.15, 0.2) is 0 Å². The fourth-order valence-corrected chi connectivity index (χ4v) is 5.21. The molecule has 0 saturated heterocycles. The van der Waals surface area contributed by atoms with Gasteiger partial charge in [-0.1, -0.05) is 30.3 Å². The van der Waals surface area contributed by atoms with Crippen molar-refractivity contribution in [3.8, 4) is 0 Å². The van der Waals surface area contributed by atoms with E-state index < -0.39 is 10.0 Å². The van der Waals surface area contributed by atoms with E-state index in [0.29, 0.717) is 30.8 Å². The van der Waals surface area contributed by atoms with E-state index in [-0.39, 0.29) is 10.8 Å². The van der Waals surface area contributed by atoms with Crippen molar-refractivity contribution in [2.45, 2.75) is 24.2 Å². The number of nitrogens with zero attached hydrogens (tertiary/aromatic N) is 2. The fraction of sp³-hybridized carbons (Fsp3) is 0.217. The van der Waals surface area contributed by atoms with Crippen molar-refractivity contribution >= 4 is 21.6 Å². The van der Waals surface area contributed by atoms with Gasteiger partial charge < -0.3 is 5.32 Å². The predicted molar refractivity (Wildman–Crippen MR) is 116 cm³/mol. The van der Waals surface area contributed by atoms with Crippen molar-refractivity contribution in [1.82, 2.24) is 10.3 Å². The van der Waals surface area contributed by atoms with Crippen molar-refractivity contribution in [3.63, 3.8) is 0 Å². The van der Waals surface area contributed by atoms with Crippen LogP contribution in [-0.2, 0) is 22.9 Å². The summed E-state index contributed by atoms with van der Waals surface area (Å²) in [5, 5.41) is 2.83. The Morgan fingerprint density at radius 2 is 1.87 bits per heavy atom. The van der Waals surface area contributed by atoms with E-state index in [2.05, 4.69) is 10.3 Å². The van der Waals surface area contributed by atoms with Gasteiger partial charge >= 0.3 is 0 Å². The van der Waals surface area contributed by atoms with Crippen molar-refractivity contribution in [1.29, 1.82) is 0 Å². The summed E-state index contributed by atoms with van der Waals surface area (Å²) >= 11 is 0. The van der Waals surface area contributed by atoms with E-state index in [1.54, 1.807) is 18.3 Å². The number of carbonyl (C=O) groups is 1. The van der Waals surface area contributed by atoms with Crippen LogP contribution in [0.4, 0.5) is 5.69 Å². The first kappa shape index (κ1) is 20.1. The van der Waals surface area contributed by atoms with E-state index in [1.807, 2.05) is 42.5 Å². The molecule has 0 saturated carbocycles. The first-order valence-corrected chi connectivity index (χ1v) is 11.4. The molecule has 0 bridgehead atoms. The number of nitrogens with one attached hydrogen (secondary N) is 1. The molecule has 1 aliphatic heterocycles. The fourth-order valence-electron chi connectivity index (χ4n) is 3.63. The summed E-state index contributed by atoms with van der Waals surface area (Å²) < 4.78 is 28.1. The molecule has 4 rings (SSSR count). The zero-order valence-electron chi connectivity index (χ0n) is 16.5. The highest BCUT2D eigenvalue weighted by Gasteiger charge is 2.29. The number of sulfonamides is 1. The number of hydrogen-bond donors (Lipinski definition) is 1. The average Bonchev–Trinajstić information content (AvgIpc) is 2.79. The van der Waals surface area contributed by atoms with E-state index in [0.717, 1.165) is 24.1 Å². The monoisotopic (exact) mass is 421 g/mol. The maximum Gasteiger partial charge on any atom is 0.264 e. The summed E-state index contributed by atoms with van der Waals surface area (Å²) in [6.45, 7) is 0.853. The molecule has 1 aromatic heterocycles. The maximum atomic E-state index is 13.3. The highest BCUT2D eigenvalue weighted by molar-refractivity contribution is 7.92.